The molecule has 0 saturated carbocycles. The number of halogens is 1. The van der Waals surface area contributed by atoms with E-state index in [0.717, 1.165) is 6.26 Å². The van der Waals surface area contributed by atoms with Gasteiger partial charge in [0.2, 0.25) is 15.9 Å². The minimum atomic E-state index is -4.32. The van der Waals surface area contributed by atoms with Gasteiger partial charge in [-0.3, -0.25) is 19.4 Å². The van der Waals surface area contributed by atoms with Crippen molar-refractivity contribution in [2.75, 3.05) is 29.9 Å². The molecule has 222 valence electrons. The van der Waals surface area contributed by atoms with E-state index in [1.165, 1.54) is 43.5 Å². The lowest BCUT2D eigenvalue weighted by Gasteiger charge is -2.32. The van der Waals surface area contributed by atoms with Crippen molar-refractivity contribution < 1.29 is 42.5 Å². The summed E-state index contributed by atoms with van der Waals surface area (Å²) in [5.74, 6) is -0.342. The first-order valence-electron chi connectivity index (χ1n) is 12.0. The summed E-state index contributed by atoms with van der Waals surface area (Å²) in [4.78, 5) is 32.1. The fourth-order valence-electron chi connectivity index (χ4n) is 3.94. The Morgan fingerprint density at radius 3 is 2.29 bits per heavy atom. The molecule has 3 rings (SSSR count). The highest BCUT2D eigenvalue weighted by atomic mass is 35.5. The molecule has 41 heavy (non-hydrogen) atoms. The number of aliphatic hydroxyl groups excluding tert-OH is 1. The van der Waals surface area contributed by atoms with Gasteiger partial charge in [0.1, 0.15) is 17.0 Å². The van der Waals surface area contributed by atoms with Crippen LogP contribution in [0.3, 0.4) is 0 Å². The summed E-state index contributed by atoms with van der Waals surface area (Å²) in [5, 5.41) is 26.8. The van der Waals surface area contributed by atoms with Gasteiger partial charge in [-0.25, -0.2) is 8.42 Å². The van der Waals surface area contributed by atoms with Crippen LogP contribution in [0.2, 0.25) is 5.02 Å². The summed E-state index contributed by atoms with van der Waals surface area (Å²) in [5.41, 5.74) is -0.310. The average molecular weight is 628 g/mol. The summed E-state index contributed by atoms with van der Waals surface area (Å²) in [6, 6.07) is 14.8. The lowest BCUT2D eigenvalue weighted by Crippen LogP contribution is -2.51. The van der Waals surface area contributed by atoms with E-state index in [9.17, 15) is 37.8 Å². The minimum Gasteiger partial charge on any atom is -0.506 e. The molecule has 1 amide bonds. The number of amides is 1. The first-order chi connectivity index (χ1) is 19.0. The first kappa shape index (κ1) is 32.4. The number of carbonyl (C=O) groups is 1. The maximum Gasteiger partial charge on any atom is 0.329 e. The predicted octanol–water partition coefficient (Wildman–Crippen LogP) is 3.28. The molecule has 0 radical (unpaired) electrons. The maximum absolute atomic E-state index is 13.7. The van der Waals surface area contributed by atoms with Crippen molar-refractivity contribution in [1.29, 1.82) is 0 Å². The van der Waals surface area contributed by atoms with Crippen molar-refractivity contribution in [3.05, 3.63) is 82.4 Å². The van der Waals surface area contributed by atoms with E-state index in [2.05, 4.69) is 15.4 Å². The molecule has 0 aliphatic rings. The van der Waals surface area contributed by atoms with Crippen LogP contribution in [0.1, 0.15) is 29.7 Å². The number of phenolic OH excluding ortho intramolecular Hbond substituents is 1. The van der Waals surface area contributed by atoms with Crippen molar-refractivity contribution in [3.63, 3.8) is 0 Å². The largest absolute Gasteiger partial charge is 0.506 e. The molecule has 0 saturated heterocycles. The van der Waals surface area contributed by atoms with E-state index in [1.807, 2.05) is 0 Å². The van der Waals surface area contributed by atoms with Crippen LogP contribution in [-0.2, 0) is 31.1 Å². The number of phenols is 1. The second kappa shape index (κ2) is 12.8. The number of hydrogen-bond acceptors (Lipinski definition) is 8. The topological polar surface area (TPSA) is 195 Å². The summed E-state index contributed by atoms with van der Waals surface area (Å²) in [6.07, 6.45) is -0.813. The van der Waals surface area contributed by atoms with Crippen molar-refractivity contribution in [2.45, 2.75) is 24.7 Å². The third-order valence-electron chi connectivity index (χ3n) is 6.14. The molecule has 7 N–H and O–H groups in total. The zero-order valence-corrected chi connectivity index (χ0v) is 24.8. The van der Waals surface area contributed by atoms with E-state index in [4.69, 9.17) is 16.3 Å². The molecular weight excluding hydrogens is 597 g/mol. The third kappa shape index (κ3) is 8.91. The van der Waals surface area contributed by atoms with Crippen LogP contribution in [0.4, 0.5) is 11.4 Å². The van der Waals surface area contributed by atoms with Gasteiger partial charge < -0.3 is 30.1 Å². The Balaban J connectivity index is 1.89. The number of aromatic hydroxyl groups is 1. The van der Waals surface area contributed by atoms with Crippen LogP contribution >= 0.6 is 19.2 Å². The van der Waals surface area contributed by atoms with E-state index in [-0.39, 0.29) is 34.3 Å². The van der Waals surface area contributed by atoms with Crippen LogP contribution in [0, 0.1) is 0 Å². The molecule has 3 aromatic rings. The van der Waals surface area contributed by atoms with Crippen LogP contribution in [-0.4, -0.2) is 54.2 Å². The summed E-state index contributed by atoms with van der Waals surface area (Å²) in [7, 11) is -6.52. The SMILES string of the molecule is COc1ccc([C@](C)(NCC(O)c2ccc(O)c(NS(C)(=O)=O)c2)C(=O)Nc2ccc(CP(=O)(O)O)cc2Cl)cc1. The molecule has 2 atom stereocenters. The molecule has 1 unspecified atom stereocenters. The van der Waals surface area contributed by atoms with E-state index in [1.54, 1.807) is 31.2 Å². The number of sulfonamides is 1. The van der Waals surface area contributed by atoms with E-state index >= 15 is 0 Å². The van der Waals surface area contributed by atoms with Gasteiger partial charge >= 0.3 is 7.60 Å². The third-order valence-corrected chi connectivity index (χ3v) is 7.82. The smallest absolute Gasteiger partial charge is 0.329 e. The normalized spacial score (nSPS) is 14.1. The molecular formula is C26H31ClN3O9PS. The van der Waals surface area contributed by atoms with Gasteiger partial charge in [0.05, 0.1) is 42.0 Å². The molecule has 0 spiro atoms. The minimum absolute atomic E-state index is 0.0661. The number of benzene rings is 3. The fourth-order valence-corrected chi connectivity index (χ4v) is 5.43. The van der Waals surface area contributed by atoms with Crippen LogP contribution in [0.15, 0.2) is 60.7 Å². The summed E-state index contributed by atoms with van der Waals surface area (Å²) in [6.45, 7) is 1.41. The average Bonchev–Trinajstić information content (AvgIpc) is 2.88. The number of carbonyl (C=O) groups excluding carboxylic acids is 1. The molecule has 0 bridgehead atoms. The molecule has 15 heteroatoms. The van der Waals surface area contributed by atoms with Gasteiger partial charge in [-0.15, -0.1) is 0 Å². The molecule has 0 aliphatic heterocycles. The van der Waals surface area contributed by atoms with Crippen molar-refractivity contribution >= 4 is 46.5 Å². The van der Waals surface area contributed by atoms with Gasteiger partial charge in [0.15, 0.2) is 0 Å². The fraction of sp³-hybridized carbons (Fsp3) is 0.269. The number of anilines is 2. The Morgan fingerprint density at radius 2 is 1.73 bits per heavy atom. The molecule has 0 aromatic heterocycles. The lowest BCUT2D eigenvalue weighted by molar-refractivity contribution is -0.122. The van der Waals surface area contributed by atoms with Gasteiger partial charge in [0, 0.05) is 6.54 Å². The highest BCUT2D eigenvalue weighted by Crippen LogP contribution is 2.40. The van der Waals surface area contributed by atoms with E-state index in [0.29, 0.717) is 16.9 Å². The maximum atomic E-state index is 13.7. The number of methoxy groups -OCH3 is 1. The molecule has 12 nitrogen and oxygen atoms in total. The van der Waals surface area contributed by atoms with Crippen LogP contribution in [0.25, 0.3) is 0 Å². The van der Waals surface area contributed by atoms with E-state index < -0.39 is 41.3 Å². The van der Waals surface area contributed by atoms with Gasteiger partial charge in [-0.1, -0.05) is 35.9 Å². The zero-order chi connectivity index (χ0) is 30.6. The van der Waals surface area contributed by atoms with Gasteiger partial charge in [-0.05, 0) is 60.0 Å². The Morgan fingerprint density at radius 1 is 1.07 bits per heavy atom. The Labute approximate surface area is 242 Å². The Bertz CT molecular complexity index is 1560. The highest BCUT2D eigenvalue weighted by Gasteiger charge is 2.36. The van der Waals surface area contributed by atoms with Crippen LogP contribution < -0.4 is 20.1 Å². The molecule has 0 fully saturated rings. The number of nitrogens with one attached hydrogen (secondary N) is 3. The second-order valence-corrected chi connectivity index (χ2v) is 13.3. The van der Waals surface area contributed by atoms with Crippen LogP contribution in [0.5, 0.6) is 11.5 Å². The standard InChI is InChI=1S/C26H31ClN3O9PS/c1-26(18-6-8-19(39-2)9-7-18,25(33)29-21-10-4-16(12-20(21)27)15-40(34,35)36)28-14-24(32)17-5-11-23(31)22(13-17)30-41(3,37)38/h4-13,24,28,30-32H,14-15H2,1-3H3,(H,29,33)(H2,34,35,36)/t24?,26-/m0/s1. The van der Waals surface area contributed by atoms with Crippen molar-refractivity contribution in [2.24, 2.45) is 0 Å². The zero-order valence-electron chi connectivity index (χ0n) is 22.3. The second-order valence-electron chi connectivity index (χ2n) is 9.49. The lowest BCUT2D eigenvalue weighted by atomic mass is 9.90. The monoisotopic (exact) mass is 627 g/mol. The number of ether oxygens (including phenoxy) is 1. The molecule has 0 aliphatic carbocycles. The molecule has 3 aromatic carbocycles. The quantitative estimate of drug-likeness (QED) is 0.116. The summed E-state index contributed by atoms with van der Waals surface area (Å²) < 4.78 is 42.0. The predicted molar refractivity (Wildman–Crippen MR) is 156 cm³/mol. The van der Waals surface area contributed by atoms with Gasteiger partial charge in [0.25, 0.3) is 0 Å². The number of hydrogen-bond donors (Lipinski definition) is 7. The Kier molecular flexibility index (Phi) is 10.1. The molecule has 0 heterocycles. The Hall–Kier alpha value is -3.16. The summed E-state index contributed by atoms with van der Waals surface area (Å²) >= 11 is 6.31. The highest BCUT2D eigenvalue weighted by molar-refractivity contribution is 7.92. The van der Waals surface area contributed by atoms with Gasteiger partial charge in [-0.2, -0.15) is 0 Å². The van der Waals surface area contributed by atoms with Crippen molar-refractivity contribution in [1.82, 2.24) is 5.32 Å². The number of rotatable bonds is 12. The number of aliphatic hydroxyl groups is 1. The first-order valence-corrected chi connectivity index (χ1v) is 16.1. The van der Waals surface area contributed by atoms with Crippen molar-refractivity contribution in [3.8, 4) is 11.5 Å².